The monoisotopic (exact) mass is 400 g/mol. The molecule has 0 saturated carbocycles. The molecule has 0 aliphatic rings. The minimum Gasteiger partial charge on any atom is -0.489 e. The van der Waals surface area contributed by atoms with Crippen molar-refractivity contribution in [3.05, 3.63) is 105 Å². The normalized spacial score (nSPS) is 10.4. The number of carbonyl (C=O) groups excluding carboxylic acids is 1. The lowest BCUT2D eigenvalue weighted by Gasteiger charge is -2.07. The molecule has 8 nitrogen and oxygen atoms in total. The molecule has 0 heterocycles. The molecule has 0 spiro atoms. The highest BCUT2D eigenvalue weighted by atomic mass is 16.6. The number of nitro benzene ring substituents is 1. The number of nitriles is 1. The van der Waals surface area contributed by atoms with Crippen molar-refractivity contribution in [1.82, 2.24) is 5.43 Å². The molecule has 8 heteroatoms. The molecule has 0 atom stereocenters. The Labute approximate surface area is 172 Å². The first kappa shape index (κ1) is 20.2. The highest BCUT2D eigenvalue weighted by Gasteiger charge is 2.18. The molecule has 148 valence electrons. The molecule has 3 aromatic rings. The number of rotatable bonds is 7. The average molecular weight is 400 g/mol. The van der Waals surface area contributed by atoms with Gasteiger partial charge >= 0.3 is 0 Å². The number of para-hydroxylation sites is 1. The first-order valence-corrected chi connectivity index (χ1v) is 8.86. The van der Waals surface area contributed by atoms with Gasteiger partial charge in [0.1, 0.15) is 17.9 Å². The van der Waals surface area contributed by atoms with E-state index < -0.39 is 10.8 Å². The summed E-state index contributed by atoms with van der Waals surface area (Å²) in [5.74, 6) is -0.0569. The van der Waals surface area contributed by atoms with Gasteiger partial charge in [-0.15, -0.1) is 0 Å². The average Bonchev–Trinajstić information content (AvgIpc) is 2.78. The van der Waals surface area contributed by atoms with Gasteiger partial charge in [-0.05, 0) is 42.0 Å². The summed E-state index contributed by atoms with van der Waals surface area (Å²) in [6.45, 7) is 0.267. The van der Waals surface area contributed by atoms with Crippen molar-refractivity contribution in [2.75, 3.05) is 0 Å². The molecular weight excluding hydrogens is 384 g/mol. The van der Waals surface area contributed by atoms with Crippen LogP contribution in [0.25, 0.3) is 0 Å². The van der Waals surface area contributed by atoms with Crippen LogP contribution in [0.15, 0.2) is 77.9 Å². The Hall–Kier alpha value is -4.51. The number of ether oxygens (including phenoxy) is 1. The predicted molar refractivity (Wildman–Crippen MR) is 110 cm³/mol. The number of nitro groups is 1. The smallest absolute Gasteiger partial charge is 0.282 e. The fourth-order valence-corrected chi connectivity index (χ4v) is 2.62. The zero-order valence-corrected chi connectivity index (χ0v) is 15.7. The van der Waals surface area contributed by atoms with Crippen LogP contribution in [0, 0.1) is 21.4 Å². The maximum absolute atomic E-state index is 12.1. The van der Waals surface area contributed by atoms with Gasteiger partial charge in [0.2, 0.25) is 0 Å². The molecule has 0 bridgehead atoms. The van der Waals surface area contributed by atoms with Crippen LogP contribution in [-0.2, 0) is 6.61 Å². The van der Waals surface area contributed by atoms with Crippen LogP contribution in [0.2, 0.25) is 0 Å². The summed E-state index contributed by atoms with van der Waals surface area (Å²) in [5, 5.41) is 23.9. The van der Waals surface area contributed by atoms with Gasteiger partial charge in [0.15, 0.2) is 0 Å². The largest absolute Gasteiger partial charge is 0.489 e. The Balaban J connectivity index is 1.58. The molecular formula is C22H16N4O4. The number of nitrogens with zero attached hydrogens (tertiary/aromatic N) is 3. The first-order valence-electron chi connectivity index (χ1n) is 8.86. The second-order valence-corrected chi connectivity index (χ2v) is 6.10. The molecule has 3 aromatic carbocycles. The van der Waals surface area contributed by atoms with E-state index in [9.17, 15) is 14.9 Å². The molecule has 0 aliphatic heterocycles. The highest BCUT2D eigenvalue weighted by molar-refractivity contribution is 5.98. The standard InChI is InChI=1S/C22H16N4O4/c23-13-17-5-1-2-6-18(17)15-30-19-11-9-16(10-12-19)14-24-25-22(27)20-7-3-4-8-21(20)26(28)29/h1-12,14H,15H2,(H,25,27)/b24-14-. The van der Waals surface area contributed by atoms with Crippen LogP contribution in [0.5, 0.6) is 5.75 Å². The van der Waals surface area contributed by atoms with Gasteiger partial charge in [-0.2, -0.15) is 10.4 Å². The van der Waals surface area contributed by atoms with Gasteiger partial charge in [-0.25, -0.2) is 5.43 Å². The molecule has 30 heavy (non-hydrogen) atoms. The zero-order valence-electron chi connectivity index (χ0n) is 15.7. The zero-order chi connectivity index (χ0) is 21.3. The molecule has 0 aromatic heterocycles. The molecule has 0 fully saturated rings. The quantitative estimate of drug-likeness (QED) is 0.368. The summed E-state index contributed by atoms with van der Waals surface area (Å²) >= 11 is 0. The molecule has 3 rings (SSSR count). The summed E-state index contributed by atoms with van der Waals surface area (Å²) in [6, 6.07) is 21.9. The van der Waals surface area contributed by atoms with E-state index in [1.165, 1.54) is 24.4 Å². The maximum Gasteiger partial charge on any atom is 0.282 e. The van der Waals surface area contributed by atoms with Gasteiger partial charge in [-0.3, -0.25) is 14.9 Å². The number of hydrazone groups is 1. The highest BCUT2D eigenvalue weighted by Crippen LogP contribution is 2.17. The third kappa shape index (κ3) is 5.05. The Bertz CT molecular complexity index is 1130. The van der Waals surface area contributed by atoms with Crippen molar-refractivity contribution < 1.29 is 14.5 Å². The second kappa shape index (κ2) is 9.61. The lowest BCUT2D eigenvalue weighted by molar-refractivity contribution is -0.385. The third-order valence-electron chi connectivity index (χ3n) is 4.14. The summed E-state index contributed by atoms with van der Waals surface area (Å²) in [7, 11) is 0. The summed E-state index contributed by atoms with van der Waals surface area (Å²) in [5.41, 5.74) is 3.98. The van der Waals surface area contributed by atoms with Crippen LogP contribution in [-0.4, -0.2) is 17.0 Å². The van der Waals surface area contributed by atoms with Crippen LogP contribution >= 0.6 is 0 Å². The Kier molecular flexibility index (Phi) is 6.48. The minimum atomic E-state index is -0.672. The van der Waals surface area contributed by atoms with Crippen molar-refractivity contribution in [2.45, 2.75) is 6.61 Å². The van der Waals surface area contributed by atoms with E-state index >= 15 is 0 Å². The van der Waals surface area contributed by atoms with Gasteiger partial charge in [-0.1, -0.05) is 30.3 Å². The molecule has 1 amide bonds. The fraction of sp³-hybridized carbons (Fsp3) is 0.0455. The van der Waals surface area contributed by atoms with Crippen molar-refractivity contribution in [1.29, 1.82) is 5.26 Å². The van der Waals surface area contributed by atoms with Crippen LogP contribution in [0.4, 0.5) is 5.69 Å². The molecule has 1 N–H and O–H groups in total. The Morgan fingerprint density at radius 3 is 2.53 bits per heavy atom. The number of benzene rings is 3. The van der Waals surface area contributed by atoms with Crippen LogP contribution in [0.1, 0.15) is 27.0 Å². The minimum absolute atomic E-state index is 0.0685. The Morgan fingerprint density at radius 1 is 1.10 bits per heavy atom. The second-order valence-electron chi connectivity index (χ2n) is 6.10. The van der Waals surface area contributed by atoms with Crippen LogP contribution < -0.4 is 10.2 Å². The van der Waals surface area contributed by atoms with E-state index in [1.54, 1.807) is 42.5 Å². The van der Waals surface area contributed by atoms with E-state index in [4.69, 9.17) is 10.00 Å². The summed E-state index contributed by atoms with van der Waals surface area (Å²) in [6.07, 6.45) is 1.42. The predicted octanol–water partition coefficient (Wildman–Crippen LogP) is 3.81. The van der Waals surface area contributed by atoms with Crippen molar-refractivity contribution in [3.8, 4) is 11.8 Å². The van der Waals surface area contributed by atoms with E-state index in [0.717, 1.165) is 5.56 Å². The third-order valence-corrected chi connectivity index (χ3v) is 4.14. The van der Waals surface area contributed by atoms with E-state index in [0.29, 0.717) is 16.9 Å². The SMILES string of the molecule is N#Cc1ccccc1COc1ccc(/C=N\NC(=O)c2ccccc2[N+](=O)[O-])cc1. The molecule has 0 unspecified atom stereocenters. The van der Waals surface area contributed by atoms with Crippen molar-refractivity contribution in [3.63, 3.8) is 0 Å². The molecule has 0 aliphatic carbocycles. The van der Waals surface area contributed by atoms with Gasteiger partial charge in [0.25, 0.3) is 11.6 Å². The molecule has 0 radical (unpaired) electrons. The van der Waals surface area contributed by atoms with E-state index in [2.05, 4.69) is 16.6 Å². The first-order chi connectivity index (χ1) is 14.6. The number of hydrogen-bond acceptors (Lipinski definition) is 6. The van der Waals surface area contributed by atoms with Gasteiger partial charge in [0.05, 0.1) is 22.8 Å². The van der Waals surface area contributed by atoms with E-state index in [1.807, 2.05) is 12.1 Å². The fourth-order valence-electron chi connectivity index (χ4n) is 2.62. The number of hydrogen-bond donors (Lipinski definition) is 1. The number of carbonyl (C=O) groups is 1. The van der Waals surface area contributed by atoms with Gasteiger partial charge < -0.3 is 4.74 Å². The van der Waals surface area contributed by atoms with Gasteiger partial charge in [0, 0.05) is 11.6 Å². The van der Waals surface area contributed by atoms with E-state index in [-0.39, 0.29) is 17.9 Å². The maximum atomic E-state index is 12.1. The van der Waals surface area contributed by atoms with Crippen molar-refractivity contribution >= 4 is 17.8 Å². The summed E-state index contributed by atoms with van der Waals surface area (Å²) < 4.78 is 5.70. The lowest BCUT2D eigenvalue weighted by Crippen LogP contribution is -2.18. The summed E-state index contributed by atoms with van der Waals surface area (Å²) in [4.78, 5) is 22.5. The molecule has 0 saturated heterocycles. The lowest BCUT2D eigenvalue weighted by atomic mass is 10.1. The number of amides is 1. The van der Waals surface area contributed by atoms with Crippen LogP contribution in [0.3, 0.4) is 0 Å². The Morgan fingerprint density at radius 2 is 1.80 bits per heavy atom. The van der Waals surface area contributed by atoms with Crippen molar-refractivity contribution in [2.24, 2.45) is 5.10 Å². The topological polar surface area (TPSA) is 118 Å². The number of nitrogens with one attached hydrogen (secondary N) is 1.